The number of ether oxygens (including phenoxy) is 1. The van der Waals surface area contributed by atoms with E-state index in [0.29, 0.717) is 16.8 Å². The molecule has 1 amide bonds. The zero-order valence-electron chi connectivity index (χ0n) is 12.0. The summed E-state index contributed by atoms with van der Waals surface area (Å²) >= 11 is 5.43. The number of nitriles is 1. The predicted octanol–water partition coefficient (Wildman–Crippen LogP) is 1.09. The number of aromatic nitrogens is 1. The molecule has 7 nitrogen and oxygen atoms in total. The number of hydrogen-bond acceptors (Lipinski definition) is 5. The fraction of sp³-hybridized carbons (Fsp3) is 0.385. The number of hydrogen-bond donors (Lipinski definition) is 1. The van der Waals surface area contributed by atoms with Crippen LogP contribution in [0.15, 0.2) is 17.1 Å². The number of amides is 1. The Hall–Kier alpha value is -2.54. The predicted molar refractivity (Wildman–Crippen MR) is 74.9 cm³/mol. The Morgan fingerprint density at radius 3 is 2.67 bits per heavy atom. The van der Waals surface area contributed by atoms with Gasteiger partial charge in [0.1, 0.15) is 11.6 Å². The molecule has 11 heteroatoms. The summed E-state index contributed by atoms with van der Waals surface area (Å²) in [5.41, 5.74) is -2.20. The minimum atomic E-state index is -4.75. The molecular weight excluding hydrogens is 355 g/mol. The first kappa shape index (κ1) is 19.5. The molecular formula is C13H11ClF3N3O4. The van der Waals surface area contributed by atoms with E-state index in [4.69, 9.17) is 16.9 Å². The van der Waals surface area contributed by atoms with Gasteiger partial charge in [-0.25, -0.2) is 0 Å². The SMILES string of the molecule is N#CCCNC(=O)COC(=O)Cn1cc(C(F)(F)F)cc(Cl)c1=O. The normalized spacial score (nSPS) is 10.8. The van der Waals surface area contributed by atoms with Crippen LogP contribution in [-0.2, 0) is 27.0 Å². The van der Waals surface area contributed by atoms with Crippen LogP contribution < -0.4 is 10.9 Å². The summed E-state index contributed by atoms with van der Waals surface area (Å²) < 4.78 is 42.9. The Morgan fingerprint density at radius 1 is 1.42 bits per heavy atom. The molecule has 0 aliphatic rings. The summed E-state index contributed by atoms with van der Waals surface area (Å²) in [6, 6.07) is 2.24. The highest BCUT2D eigenvalue weighted by Gasteiger charge is 2.32. The van der Waals surface area contributed by atoms with Gasteiger partial charge in [0.2, 0.25) is 0 Å². The number of pyridine rings is 1. The van der Waals surface area contributed by atoms with E-state index in [0.717, 1.165) is 0 Å². The van der Waals surface area contributed by atoms with Crippen LogP contribution in [0, 0.1) is 11.3 Å². The smallest absolute Gasteiger partial charge is 0.417 e. The molecule has 0 bridgehead atoms. The molecule has 1 aromatic heterocycles. The fourth-order valence-electron chi connectivity index (χ4n) is 1.51. The molecule has 130 valence electrons. The quantitative estimate of drug-likeness (QED) is 0.600. The van der Waals surface area contributed by atoms with Crippen LogP contribution in [0.3, 0.4) is 0 Å². The number of halogens is 4. The molecule has 0 radical (unpaired) electrons. The molecule has 0 fully saturated rings. The summed E-state index contributed by atoms with van der Waals surface area (Å²) in [5.74, 6) is -1.78. The lowest BCUT2D eigenvalue weighted by Gasteiger charge is -2.11. The highest BCUT2D eigenvalue weighted by molar-refractivity contribution is 6.30. The lowest BCUT2D eigenvalue weighted by atomic mass is 10.2. The number of rotatable bonds is 6. The molecule has 0 aliphatic carbocycles. The van der Waals surface area contributed by atoms with Gasteiger partial charge in [-0.15, -0.1) is 0 Å². The van der Waals surface area contributed by atoms with Gasteiger partial charge in [0.15, 0.2) is 6.61 Å². The van der Waals surface area contributed by atoms with E-state index in [9.17, 15) is 27.6 Å². The number of esters is 1. The van der Waals surface area contributed by atoms with Crippen LogP contribution >= 0.6 is 11.6 Å². The molecule has 0 atom stereocenters. The zero-order valence-corrected chi connectivity index (χ0v) is 12.8. The van der Waals surface area contributed by atoms with Gasteiger partial charge in [0, 0.05) is 12.7 Å². The summed E-state index contributed by atoms with van der Waals surface area (Å²) in [6.07, 6.45) is -4.25. The molecule has 1 rings (SSSR count). The Kier molecular flexibility index (Phi) is 6.79. The zero-order chi connectivity index (χ0) is 18.3. The third-order valence-electron chi connectivity index (χ3n) is 2.59. The monoisotopic (exact) mass is 365 g/mol. The lowest BCUT2D eigenvalue weighted by molar-refractivity contribution is -0.149. The highest BCUT2D eigenvalue weighted by atomic mass is 35.5. The van der Waals surface area contributed by atoms with Crippen LogP contribution in [0.5, 0.6) is 0 Å². The Morgan fingerprint density at radius 2 is 2.08 bits per heavy atom. The van der Waals surface area contributed by atoms with Gasteiger partial charge in [-0.3, -0.25) is 14.4 Å². The second-order valence-electron chi connectivity index (χ2n) is 4.43. The first-order chi connectivity index (χ1) is 11.1. The van der Waals surface area contributed by atoms with Gasteiger partial charge < -0.3 is 14.6 Å². The van der Waals surface area contributed by atoms with Crippen molar-refractivity contribution in [1.29, 1.82) is 5.26 Å². The highest BCUT2D eigenvalue weighted by Crippen LogP contribution is 2.29. The maximum Gasteiger partial charge on any atom is 0.417 e. The van der Waals surface area contributed by atoms with Gasteiger partial charge in [0.05, 0.1) is 18.1 Å². The van der Waals surface area contributed by atoms with E-state index < -0.39 is 47.3 Å². The molecule has 0 saturated carbocycles. The molecule has 0 saturated heterocycles. The molecule has 1 heterocycles. The lowest BCUT2D eigenvalue weighted by Crippen LogP contribution is -2.32. The van der Waals surface area contributed by atoms with E-state index in [1.807, 2.05) is 0 Å². The van der Waals surface area contributed by atoms with Crippen LogP contribution in [0.4, 0.5) is 13.2 Å². The largest absolute Gasteiger partial charge is 0.454 e. The molecule has 0 aliphatic heterocycles. The molecule has 0 aromatic carbocycles. The summed E-state index contributed by atoms with van der Waals surface area (Å²) in [7, 11) is 0. The van der Waals surface area contributed by atoms with Crippen molar-refractivity contribution in [3.05, 3.63) is 33.2 Å². The molecule has 1 N–H and O–H groups in total. The molecule has 24 heavy (non-hydrogen) atoms. The number of nitrogens with one attached hydrogen (secondary N) is 1. The van der Waals surface area contributed by atoms with Crippen molar-refractivity contribution < 1.29 is 27.5 Å². The third kappa shape index (κ3) is 5.92. The first-order valence-electron chi connectivity index (χ1n) is 6.41. The average Bonchev–Trinajstić information content (AvgIpc) is 2.49. The Labute approximate surface area is 138 Å². The maximum absolute atomic E-state index is 12.7. The van der Waals surface area contributed by atoms with Crippen molar-refractivity contribution in [2.75, 3.05) is 13.2 Å². The van der Waals surface area contributed by atoms with Gasteiger partial charge >= 0.3 is 12.1 Å². The van der Waals surface area contributed by atoms with Crippen molar-refractivity contribution in [3.8, 4) is 6.07 Å². The van der Waals surface area contributed by atoms with Crippen LogP contribution in [0.25, 0.3) is 0 Å². The number of nitrogens with zero attached hydrogens (tertiary/aromatic N) is 2. The summed E-state index contributed by atoms with van der Waals surface area (Å²) in [5, 5.41) is 9.85. The van der Waals surface area contributed by atoms with Gasteiger partial charge in [-0.1, -0.05) is 11.6 Å². The minimum absolute atomic E-state index is 0.0651. The third-order valence-corrected chi connectivity index (χ3v) is 2.86. The number of carbonyl (C=O) groups is 2. The van der Waals surface area contributed by atoms with E-state index in [1.54, 1.807) is 6.07 Å². The molecule has 0 unspecified atom stereocenters. The number of alkyl halides is 3. The van der Waals surface area contributed by atoms with Crippen molar-refractivity contribution in [2.45, 2.75) is 19.1 Å². The van der Waals surface area contributed by atoms with E-state index in [1.165, 1.54) is 0 Å². The maximum atomic E-state index is 12.7. The van der Waals surface area contributed by atoms with Crippen molar-refractivity contribution in [1.82, 2.24) is 9.88 Å². The van der Waals surface area contributed by atoms with Gasteiger partial charge in [-0.2, -0.15) is 18.4 Å². The topological polar surface area (TPSA) is 101 Å². The first-order valence-corrected chi connectivity index (χ1v) is 6.79. The molecule has 1 aromatic rings. The summed E-state index contributed by atoms with van der Waals surface area (Å²) in [4.78, 5) is 34.4. The van der Waals surface area contributed by atoms with E-state index >= 15 is 0 Å². The van der Waals surface area contributed by atoms with Gasteiger partial charge in [0.25, 0.3) is 11.5 Å². The second kappa shape index (κ2) is 8.35. The van der Waals surface area contributed by atoms with Crippen molar-refractivity contribution >= 4 is 23.5 Å². The fourth-order valence-corrected chi connectivity index (χ4v) is 1.74. The summed E-state index contributed by atoms with van der Waals surface area (Å²) in [6.45, 7) is -1.46. The second-order valence-corrected chi connectivity index (χ2v) is 4.83. The Balaban J connectivity index is 2.71. The van der Waals surface area contributed by atoms with Crippen LogP contribution in [-0.4, -0.2) is 29.6 Å². The van der Waals surface area contributed by atoms with Crippen molar-refractivity contribution in [2.24, 2.45) is 0 Å². The standard InChI is InChI=1S/C13H11ClF3N3O4/c14-9-4-8(13(15,16)17)5-20(12(9)23)6-11(22)24-7-10(21)19-3-1-2-18/h4-5H,1,3,6-7H2,(H,19,21). The van der Waals surface area contributed by atoms with E-state index in [2.05, 4.69) is 10.1 Å². The van der Waals surface area contributed by atoms with Crippen LogP contribution in [0.1, 0.15) is 12.0 Å². The van der Waals surface area contributed by atoms with Gasteiger partial charge in [-0.05, 0) is 6.07 Å². The minimum Gasteiger partial charge on any atom is -0.454 e. The Bertz CT molecular complexity index is 725. The molecule has 0 spiro atoms. The van der Waals surface area contributed by atoms with Crippen LogP contribution in [0.2, 0.25) is 5.02 Å². The van der Waals surface area contributed by atoms with Crippen molar-refractivity contribution in [3.63, 3.8) is 0 Å². The average molecular weight is 366 g/mol. The number of carbonyl (C=O) groups excluding carboxylic acids is 2. The van der Waals surface area contributed by atoms with E-state index in [-0.39, 0.29) is 13.0 Å².